The number of likely N-dealkylation sites (N-methyl/N-ethyl adjacent to an activating group) is 1. The molecule has 1 aromatic rings. The molecule has 1 saturated heterocycles. The lowest BCUT2D eigenvalue weighted by Crippen LogP contribution is -2.46. The van der Waals surface area contributed by atoms with E-state index < -0.39 is 12.7 Å². The van der Waals surface area contributed by atoms with Crippen LogP contribution < -0.4 is 20.3 Å². The fourth-order valence-electron chi connectivity index (χ4n) is 3.15. The van der Waals surface area contributed by atoms with Crippen LogP contribution in [0.4, 0.5) is 18.9 Å². The van der Waals surface area contributed by atoms with Gasteiger partial charge in [0.25, 0.3) is 0 Å². The smallest absolute Gasteiger partial charge is 0.401 e. The molecule has 166 valence electrons. The van der Waals surface area contributed by atoms with E-state index in [1.165, 1.54) is 11.9 Å². The monoisotopic (exact) mass is 549 g/mol. The Morgan fingerprint density at radius 3 is 2.76 bits per heavy atom. The Hall–Kier alpha value is -1.14. The van der Waals surface area contributed by atoms with Crippen LogP contribution in [0.1, 0.15) is 6.42 Å². The summed E-state index contributed by atoms with van der Waals surface area (Å²) in [5.41, 5.74) is 0.941. The van der Waals surface area contributed by atoms with Gasteiger partial charge >= 0.3 is 6.18 Å². The van der Waals surface area contributed by atoms with Crippen LogP contribution in [0.15, 0.2) is 23.2 Å². The number of anilines is 1. The van der Waals surface area contributed by atoms with Gasteiger partial charge in [0.15, 0.2) is 5.96 Å². The fourth-order valence-corrected chi connectivity index (χ4v) is 3.31. The van der Waals surface area contributed by atoms with Crippen molar-refractivity contribution in [2.75, 3.05) is 58.8 Å². The van der Waals surface area contributed by atoms with Gasteiger partial charge in [-0.15, -0.1) is 24.0 Å². The van der Waals surface area contributed by atoms with Crippen molar-refractivity contribution < 1.29 is 17.9 Å². The summed E-state index contributed by atoms with van der Waals surface area (Å²) in [6.45, 7) is 1.27. The minimum Gasteiger partial charge on any atom is -0.495 e. The Bertz CT molecular complexity index is 677. The molecule has 0 saturated carbocycles. The molecule has 0 amide bonds. The Balaban J connectivity index is 0.00000420. The average Bonchev–Trinajstić information content (AvgIpc) is 3.07. The summed E-state index contributed by atoms with van der Waals surface area (Å²) in [6.07, 6.45) is -3.30. The molecule has 0 aliphatic carbocycles. The summed E-state index contributed by atoms with van der Waals surface area (Å²) in [5, 5.41) is 7.03. The number of nitrogens with one attached hydrogen (secondary N) is 2. The van der Waals surface area contributed by atoms with Crippen molar-refractivity contribution in [1.29, 1.82) is 0 Å². The molecule has 1 fully saturated rings. The molecule has 1 aliphatic rings. The Kier molecular flexibility index (Phi) is 10.6. The predicted molar refractivity (Wildman–Crippen MR) is 122 cm³/mol. The lowest BCUT2D eigenvalue weighted by Gasteiger charge is -2.23. The largest absolute Gasteiger partial charge is 0.495 e. The molecule has 2 N–H and O–H groups in total. The van der Waals surface area contributed by atoms with Gasteiger partial charge in [0.05, 0.1) is 19.3 Å². The first-order chi connectivity index (χ1) is 13.2. The van der Waals surface area contributed by atoms with Gasteiger partial charge in [-0.05, 0) is 31.7 Å². The van der Waals surface area contributed by atoms with Crippen LogP contribution in [0.2, 0.25) is 5.02 Å². The van der Waals surface area contributed by atoms with Gasteiger partial charge in [-0.3, -0.25) is 9.89 Å². The molecule has 11 heteroatoms. The van der Waals surface area contributed by atoms with Crippen molar-refractivity contribution in [1.82, 2.24) is 15.5 Å². The number of methoxy groups -OCH3 is 1. The van der Waals surface area contributed by atoms with Gasteiger partial charge in [-0.2, -0.15) is 13.2 Å². The van der Waals surface area contributed by atoms with Crippen molar-refractivity contribution >= 4 is 47.2 Å². The van der Waals surface area contributed by atoms with Crippen LogP contribution in [0.25, 0.3) is 0 Å². The quantitative estimate of drug-likeness (QED) is 0.311. The Morgan fingerprint density at radius 1 is 1.41 bits per heavy atom. The fraction of sp³-hybridized carbons (Fsp3) is 0.611. The number of halogens is 5. The van der Waals surface area contributed by atoms with Crippen LogP contribution in [0.3, 0.4) is 0 Å². The maximum Gasteiger partial charge on any atom is 0.401 e. The van der Waals surface area contributed by atoms with Gasteiger partial charge in [0.1, 0.15) is 5.75 Å². The number of guanidine groups is 1. The molecule has 29 heavy (non-hydrogen) atoms. The molecular formula is C18H28ClF3IN5O. The number of ether oxygens (including phenoxy) is 1. The molecule has 0 aromatic heterocycles. The molecule has 1 atom stereocenters. The highest BCUT2D eigenvalue weighted by molar-refractivity contribution is 14.0. The average molecular weight is 550 g/mol. The predicted octanol–water partition coefficient (Wildman–Crippen LogP) is 3.20. The highest BCUT2D eigenvalue weighted by Crippen LogP contribution is 2.33. The van der Waals surface area contributed by atoms with E-state index in [4.69, 9.17) is 16.3 Å². The van der Waals surface area contributed by atoms with Crippen LogP contribution in [0, 0.1) is 0 Å². The van der Waals surface area contributed by atoms with Crippen LogP contribution >= 0.6 is 35.6 Å². The highest BCUT2D eigenvalue weighted by Gasteiger charge is 2.29. The van der Waals surface area contributed by atoms with Crippen molar-refractivity contribution in [3.63, 3.8) is 0 Å². The van der Waals surface area contributed by atoms with Gasteiger partial charge in [-0.1, -0.05) is 11.6 Å². The molecule has 6 nitrogen and oxygen atoms in total. The topological polar surface area (TPSA) is 52.1 Å². The van der Waals surface area contributed by atoms with E-state index in [1.807, 2.05) is 12.1 Å². The summed E-state index contributed by atoms with van der Waals surface area (Å²) in [4.78, 5) is 7.57. The van der Waals surface area contributed by atoms with Gasteiger partial charge in [0.2, 0.25) is 0 Å². The second-order valence-electron chi connectivity index (χ2n) is 6.74. The SMILES string of the molecule is CN=C(NCCN(C)CC(F)(F)F)NC1CCN(c2cc(Cl)ccc2OC)C1.I. The summed E-state index contributed by atoms with van der Waals surface area (Å²) >= 11 is 6.12. The highest BCUT2D eigenvalue weighted by atomic mass is 127. The number of hydrogen-bond acceptors (Lipinski definition) is 4. The normalized spacial score (nSPS) is 17.3. The van der Waals surface area contributed by atoms with Crippen LogP contribution in [-0.4, -0.2) is 77.0 Å². The molecular weight excluding hydrogens is 522 g/mol. The van der Waals surface area contributed by atoms with Gasteiger partial charge in [-0.25, -0.2) is 0 Å². The third-order valence-electron chi connectivity index (χ3n) is 4.47. The van der Waals surface area contributed by atoms with Crippen molar-refractivity contribution in [3.8, 4) is 5.75 Å². The molecule has 1 unspecified atom stereocenters. The summed E-state index contributed by atoms with van der Waals surface area (Å²) in [6, 6.07) is 5.67. The number of nitrogens with zero attached hydrogens (tertiary/aromatic N) is 3. The zero-order valence-electron chi connectivity index (χ0n) is 16.7. The molecule has 1 aromatic carbocycles. The third kappa shape index (κ3) is 8.63. The second kappa shape index (κ2) is 11.9. The summed E-state index contributed by atoms with van der Waals surface area (Å²) in [7, 11) is 4.71. The first kappa shape index (κ1) is 25.9. The van der Waals surface area contributed by atoms with E-state index in [1.54, 1.807) is 20.2 Å². The van der Waals surface area contributed by atoms with Gasteiger partial charge < -0.3 is 20.3 Å². The number of rotatable bonds is 7. The van der Waals surface area contributed by atoms with Crippen LogP contribution in [-0.2, 0) is 0 Å². The summed E-state index contributed by atoms with van der Waals surface area (Å²) < 4.78 is 42.5. The number of alkyl halides is 3. The molecule has 1 heterocycles. The van der Waals surface area contributed by atoms with E-state index >= 15 is 0 Å². The standard InChI is InChI=1S/C18H27ClF3N5O.HI/c1-23-17(24-7-9-26(2)12-18(20,21)22)25-14-6-8-27(11-14)15-10-13(19)4-5-16(15)28-3;/h4-5,10,14H,6-9,11-12H2,1-3H3,(H2,23,24,25);1H. The minimum atomic E-state index is -4.19. The van der Waals surface area contributed by atoms with E-state index in [-0.39, 0.29) is 36.6 Å². The van der Waals surface area contributed by atoms with E-state index in [9.17, 15) is 13.2 Å². The van der Waals surface area contributed by atoms with Crippen molar-refractivity contribution in [3.05, 3.63) is 23.2 Å². The molecule has 0 bridgehead atoms. The number of hydrogen-bond donors (Lipinski definition) is 2. The zero-order valence-corrected chi connectivity index (χ0v) is 19.8. The molecule has 0 radical (unpaired) electrons. The summed E-state index contributed by atoms with van der Waals surface area (Å²) in [5.74, 6) is 1.34. The molecule has 1 aliphatic heterocycles. The Morgan fingerprint density at radius 2 is 2.14 bits per heavy atom. The van der Waals surface area contributed by atoms with E-state index in [2.05, 4.69) is 20.5 Å². The number of aliphatic imine (C=N–C) groups is 1. The first-order valence-corrected chi connectivity index (χ1v) is 9.40. The third-order valence-corrected chi connectivity index (χ3v) is 4.70. The van der Waals surface area contributed by atoms with Crippen LogP contribution in [0.5, 0.6) is 5.75 Å². The Labute approximate surface area is 191 Å². The lowest BCUT2D eigenvalue weighted by atomic mass is 10.2. The maximum atomic E-state index is 12.4. The van der Waals surface area contributed by atoms with E-state index in [0.717, 1.165) is 30.9 Å². The first-order valence-electron chi connectivity index (χ1n) is 9.03. The minimum absolute atomic E-state index is 0. The second-order valence-corrected chi connectivity index (χ2v) is 7.18. The van der Waals surface area contributed by atoms with Gasteiger partial charge in [0, 0.05) is 44.3 Å². The van der Waals surface area contributed by atoms with Crippen molar-refractivity contribution in [2.45, 2.75) is 18.6 Å². The molecule has 0 spiro atoms. The van der Waals surface area contributed by atoms with E-state index in [0.29, 0.717) is 17.5 Å². The molecule has 2 rings (SSSR count). The van der Waals surface area contributed by atoms with Crippen molar-refractivity contribution in [2.24, 2.45) is 4.99 Å². The zero-order chi connectivity index (χ0) is 20.7. The lowest BCUT2D eigenvalue weighted by molar-refractivity contribution is -0.142. The maximum absolute atomic E-state index is 12.4. The number of benzene rings is 1.